The lowest BCUT2D eigenvalue weighted by Crippen LogP contribution is -1.94. The van der Waals surface area contributed by atoms with E-state index < -0.39 is 0 Å². The molecule has 204 valence electrons. The summed E-state index contributed by atoms with van der Waals surface area (Å²) in [7, 11) is 0. The van der Waals surface area contributed by atoms with E-state index in [1.165, 1.54) is 21.5 Å². The number of benzene rings is 7. The van der Waals surface area contributed by atoms with E-state index in [9.17, 15) is 0 Å². The van der Waals surface area contributed by atoms with Crippen molar-refractivity contribution in [3.8, 4) is 33.8 Å². The standard InChI is InChI=1S/C40H22N2O2/c1-3-9-23(10-4-1)25-18-20-32-31(21-25)38-39(44-32)37(41-40(42-38)24-11-5-2-6-12-24)26-17-19-27-28-13-7-15-33-35(28)36-29(30(27)22-26)14-8-16-34(36)43-33/h1-22H. The Balaban J connectivity index is 1.29. The third-order valence-electron chi connectivity index (χ3n) is 8.85. The Labute approximate surface area is 251 Å². The van der Waals surface area contributed by atoms with Crippen LogP contribution >= 0.6 is 0 Å². The molecule has 4 nitrogen and oxygen atoms in total. The Bertz CT molecular complexity index is 2700. The van der Waals surface area contributed by atoms with Gasteiger partial charge in [-0.2, -0.15) is 0 Å². The van der Waals surface area contributed by atoms with E-state index >= 15 is 0 Å². The normalized spacial score (nSPS) is 12.1. The van der Waals surface area contributed by atoms with Crippen molar-refractivity contribution in [2.75, 3.05) is 0 Å². The summed E-state index contributed by atoms with van der Waals surface area (Å²) in [5.41, 5.74) is 9.09. The smallest absolute Gasteiger partial charge is 0.180 e. The van der Waals surface area contributed by atoms with Crippen molar-refractivity contribution < 1.29 is 8.83 Å². The van der Waals surface area contributed by atoms with E-state index in [-0.39, 0.29) is 0 Å². The fraction of sp³-hybridized carbons (Fsp3) is 0. The molecule has 0 amide bonds. The van der Waals surface area contributed by atoms with Crippen molar-refractivity contribution in [2.24, 2.45) is 0 Å². The summed E-state index contributed by atoms with van der Waals surface area (Å²) in [6.07, 6.45) is 0. The summed E-state index contributed by atoms with van der Waals surface area (Å²) < 4.78 is 12.8. The number of nitrogens with zero attached hydrogens (tertiary/aromatic N) is 2. The summed E-state index contributed by atoms with van der Waals surface area (Å²) in [5, 5.41) is 8.02. The van der Waals surface area contributed by atoms with Gasteiger partial charge in [-0.3, -0.25) is 0 Å². The predicted octanol–water partition coefficient (Wildman–Crippen LogP) is 11.0. The van der Waals surface area contributed by atoms with Crippen LogP contribution in [-0.4, -0.2) is 9.97 Å². The molecule has 3 aromatic heterocycles. The second-order valence-corrected chi connectivity index (χ2v) is 11.3. The van der Waals surface area contributed by atoms with Gasteiger partial charge < -0.3 is 8.83 Å². The maximum atomic E-state index is 6.57. The lowest BCUT2D eigenvalue weighted by Gasteiger charge is -2.11. The zero-order chi connectivity index (χ0) is 28.8. The lowest BCUT2D eigenvalue weighted by molar-refractivity contribution is 0.667. The molecule has 0 saturated heterocycles. The van der Waals surface area contributed by atoms with Gasteiger partial charge in [0, 0.05) is 27.3 Å². The minimum atomic E-state index is 0.669. The summed E-state index contributed by atoms with van der Waals surface area (Å²) >= 11 is 0. The number of furan rings is 2. The Morgan fingerprint density at radius 2 is 1.05 bits per heavy atom. The summed E-state index contributed by atoms with van der Waals surface area (Å²) in [4.78, 5) is 10.3. The zero-order valence-electron chi connectivity index (χ0n) is 23.4. The van der Waals surface area contributed by atoms with Gasteiger partial charge in [0.15, 0.2) is 11.4 Å². The third kappa shape index (κ3) is 3.28. The lowest BCUT2D eigenvalue weighted by atomic mass is 9.93. The van der Waals surface area contributed by atoms with Gasteiger partial charge >= 0.3 is 0 Å². The molecule has 4 heteroatoms. The summed E-state index contributed by atoms with van der Waals surface area (Å²) in [6, 6.07) is 46.1. The molecular formula is C40H22N2O2. The van der Waals surface area contributed by atoms with Crippen LogP contribution in [-0.2, 0) is 0 Å². The molecule has 0 atom stereocenters. The fourth-order valence-corrected chi connectivity index (χ4v) is 6.83. The first kappa shape index (κ1) is 23.6. The van der Waals surface area contributed by atoms with E-state index in [1.54, 1.807) is 0 Å². The Morgan fingerprint density at radius 3 is 1.80 bits per heavy atom. The number of aromatic nitrogens is 2. The van der Waals surface area contributed by atoms with Crippen molar-refractivity contribution in [1.82, 2.24) is 9.97 Å². The third-order valence-corrected chi connectivity index (χ3v) is 8.85. The molecule has 0 aliphatic carbocycles. The number of hydrogen-bond acceptors (Lipinski definition) is 4. The molecule has 0 saturated carbocycles. The number of hydrogen-bond donors (Lipinski definition) is 0. The molecular weight excluding hydrogens is 540 g/mol. The fourth-order valence-electron chi connectivity index (χ4n) is 6.83. The highest BCUT2D eigenvalue weighted by Gasteiger charge is 2.21. The average Bonchev–Trinajstić information content (AvgIpc) is 3.66. The van der Waals surface area contributed by atoms with Crippen LogP contribution in [0.1, 0.15) is 0 Å². The number of rotatable bonds is 3. The molecule has 0 aliphatic rings. The maximum absolute atomic E-state index is 6.57. The van der Waals surface area contributed by atoms with Crippen molar-refractivity contribution in [3.63, 3.8) is 0 Å². The summed E-state index contributed by atoms with van der Waals surface area (Å²) in [6.45, 7) is 0. The second kappa shape index (κ2) is 8.76. The summed E-state index contributed by atoms with van der Waals surface area (Å²) in [5.74, 6) is 0.669. The van der Waals surface area contributed by atoms with Crippen LogP contribution in [0, 0.1) is 0 Å². The minimum Gasteiger partial charge on any atom is -0.456 e. The Morgan fingerprint density at radius 1 is 0.386 bits per heavy atom. The molecule has 10 rings (SSSR count). The van der Waals surface area contributed by atoms with Crippen molar-refractivity contribution >= 4 is 65.6 Å². The largest absolute Gasteiger partial charge is 0.456 e. The molecule has 7 aromatic carbocycles. The Hall–Kier alpha value is -6.00. The first-order chi connectivity index (χ1) is 21.8. The van der Waals surface area contributed by atoms with Gasteiger partial charge in [-0.05, 0) is 63.0 Å². The molecule has 3 heterocycles. The zero-order valence-corrected chi connectivity index (χ0v) is 23.4. The highest BCUT2D eigenvalue weighted by atomic mass is 16.3. The van der Waals surface area contributed by atoms with Crippen LogP contribution in [0.2, 0.25) is 0 Å². The first-order valence-corrected chi connectivity index (χ1v) is 14.7. The molecule has 0 bridgehead atoms. The molecule has 10 aromatic rings. The molecule has 0 fully saturated rings. The minimum absolute atomic E-state index is 0.669. The molecule has 0 aliphatic heterocycles. The van der Waals surface area contributed by atoms with Gasteiger partial charge in [0.2, 0.25) is 0 Å². The van der Waals surface area contributed by atoms with Crippen LogP contribution in [0.4, 0.5) is 0 Å². The predicted molar refractivity (Wildman–Crippen MR) is 179 cm³/mol. The van der Waals surface area contributed by atoms with E-state index in [0.29, 0.717) is 11.4 Å². The van der Waals surface area contributed by atoms with Gasteiger partial charge in [0.25, 0.3) is 0 Å². The monoisotopic (exact) mass is 562 g/mol. The van der Waals surface area contributed by atoms with Crippen molar-refractivity contribution in [3.05, 3.63) is 133 Å². The van der Waals surface area contributed by atoms with E-state index in [1.807, 2.05) is 30.3 Å². The molecule has 0 radical (unpaired) electrons. The van der Waals surface area contributed by atoms with Gasteiger partial charge in [-0.25, -0.2) is 9.97 Å². The topological polar surface area (TPSA) is 52.1 Å². The van der Waals surface area contributed by atoms with Crippen LogP contribution in [0.25, 0.3) is 99.3 Å². The van der Waals surface area contributed by atoms with Crippen molar-refractivity contribution in [2.45, 2.75) is 0 Å². The Kier molecular flexibility index (Phi) is 4.69. The highest BCUT2D eigenvalue weighted by molar-refractivity contribution is 6.33. The van der Waals surface area contributed by atoms with Crippen molar-refractivity contribution in [1.29, 1.82) is 0 Å². The van der Waals surface area contributed by atoms with E-state index in [4.69, 9.17) is 18.8 Å². The van der Waals surface area contributed by atoms with Crippen LogP contribution in [0.5, 0.6) is 0 Å². The maximum Gasteiger partial charge on any atom is 0.180 e. The van der Waals surface area contributed by atoms with Gasteiger partial charge in [-0.15, -0.1) is 0 Å². The van der Waals surface area contributed by atoms with Gasteiger partial charge in [-0.1, -0.05) is 103 Å². The van der Waals surface area contributed by atoms with Crippen LogP contribution < -0.4 is 0 Å². The number of fused-ring (bicyclic) bond motifs is 6. The van der Waals surface area contributed by atoms with Gasteiger partial charge in [0.1, 0.15) is 28.0 Å². The SMILES string of the molecule is c1ccc(-c2ccc3oc4c(-c5ccc6c(c5)c5cccc7oc8cccc6c8c75)nc(-c5ccccc5)nc4c3c2)cc1. The quantitative estimate of drug-likeness (QED) is 0.201. The van der Waals surface area contributed by atoms with Crippen LogP contribution in [0.15, 0.2) is 142 Å². The molecule has 0 spiro atoms. The second-order valence-electron chi connectivity index (χ2n) is 11.3. The average molecular weight is 563 g/mol. The van der Waals surface area contributed by atoms with E-state index in [2.05, 4.69) is 103 Å². The van der Waals surface area contributed by atoms with Gasteiger partial charge in [0.05, 0.1) is 0 Å². The molecule has 44 heavy (non-hydrogen) atoms. The highest BCUT2D eigenvalue weighted by Crippen LogP contribution is 2.44. The molecule has 0 unspecified atom stereocenters. The van der Waals surface area contributed by atoms with E-state index in [0.717, 1.165) is 66.4 Å². The van der Waals surface area contributed by atoms with Crippen LogP contribution in [0.3, 0.4) is 0 Å². The molecule has 0 N–H and O–H groups in total. The first-order valence-electron chi connectivity index (χ1n) is 14.7.